The molecule has 0 aliphatic heterocycles. The fraction of sp³-hybridized carbons (Fsp3) is 0.389. The third-order valence-electron chi connectivity index (χ3n) is 4.32. The van der Waals surface area contributed by atoms with Gasteiger partial charge in [-0.15, -0.1) is 0 Å². The Bertz CT molecular complexity index is 819. The van der Waals surface area contributed by atoms with Gasteiger partial charge in [-0.1, -0.05) is 25.3 Å². The predicted octanol–water partition coefficient (Wildman–Crippen LogP) is 4.44. The molecule has 2 N–H and O–H groups in total. The molecule has 1 amide bonds. The number of carbonyl (C=O) groups is 1. The van der Waals surface area contributed by atoms with Gasteiger partial charge in [-0.25, -0.2) is 14.4 Å². The second kappa shape index (κ2) is 7.89. The zero-order valence-corrected chi connectivity index (χ0v) is 14.3. The Labute approximate surface area is 153 Å². The number of nitrogens with zero attached hydrogens (tertiary/aromatic N) is 2. The van der Waals surface area contributed by atoms with E-state index < -0.39 is 29.2 Å². The summed E-state index contributed by atoms with van der Waals surface area (Å²) in [5.74, 6) is -1.77. The molecule has 1 fully saturated rings. The lowest BCUT2D eigenvalue weighted by Gasteiger charge is -2.23. The number of hydrogen-bond donors (Lipinski definition) is 2. The van der Waals surface area contributed by atoms with Crippen molar-refractivity contribution in [2.45, 2.75) is 44.3 Å². The van der Waals surface area contributed by atoms with E-state index in [-0.39, 0.29) is 17.7 Å². The summed E-state index contributed by atoms with van der Waals surface area (Å²) < 4.78 is 53.5. The number of rotatable bonds is 4. The lowest BCUT2D eigenvalue weighted by atomic mass is 9.95. The molecule has 1 aliphatic carbocycles. The van der Waals surface area contributed by atoms with Crippen LogP contribution in [0.1, 0.15) is 48.2 Å². The first-order valence-corrected chi connectivity index (χ1v) is 8.60. The van der Waals surface area contributed by atoms with Crippen LogP contribution >= 0.6 is 0 Å². The Hall–Kier alpha value is -2.71. The third kappa shape index (κ3) is 4.93. The molecular weight excluding hydrogens is 364 g/mol. The Morgan fingerprint density at radius 3 is 2.56 bits per heavy atom. The molecule has 27 heavy (non-hydrogen) atoms. The molecule has 2 aromatic rings. The maximum Gasteiger partial charge on any atom is 0.434 e. The molecule has 0 saturated heterocycles. The minimum absolute atomic E-state index is 0.141. The van der Waals surface area contributed by atoms with Crippen molar-refractivity contribution in [3.05, 3.63) is 47.5 Å². The molecule has 5 nitrogen and oxygen atoms in total. The van der Waals surface area contributed by atoms with Crippen LogP contribution in [0.25, 0.3) is 0 Å². The van der Waals surface area contributed by atoms with Crippen LogP contribution in [0.3, 0.4) is 0 Å². The summed E-state index contributed by atoms with van der Waals surface area (Å²) in [6.07, 6.45) is 0.425. The number of nitrogens with one attached hydrogen (secondary N) is 2. The van der Waals surface area contributed by atoms with Gasteiger partial charge >= 0.3 is 6.18 Å². The first-order valence-electron chi connectivity index (χ1n) is 8.60. The molecule has 0 unspecified atom stereocenters. The Kier molecular flexibility index (Phi) is 5.57. The van der Waals surface area contributed by atoms with E-state index in [2.05, 4.69) is 20.6 Å². The van der Waals surface area contributed by atoms with Crippen molar-refractivity contribution in [1.29, 1.82) is 0 Å². The summed E-state index contributed by atoms with van der Waals surface area (Å²) in [5, 5.41) is 5.15. The fourth-order valence-corrected chi connectivity index (χ4v) is 3.03. The van der Waals surface area contributed by atoms with Gasteiger partial charge in [0.2, 0.25) is 5.95 Å². The van der Waals surface area contributed by atoms with Gasteiger partial charge in [0.05, 0.1) is 5.56 Å². The smallest absolute Gasteiger partial charge is 0.349 e. The van der Waals surface area contributed by atoms with Gasteiger partial charge in [0.1, 0.15) is 5.82 Å². The Morgan fingerprint density at radius 1 is 1.15 bits per heavy atom. The van der Waals surface area contributed by atoms with Crippen LogP contribution in [0.5, 0.6) is 0 Å². The maximum absolute atomic E-state index is 13.4. The van der Waals surface area contributed by atoms with E-state index in [1.807, 2.05) is 0 Å². The maximum atomic E-state index is 13.4. The van der Waals surface area contributed by atoms with Crippen LogP contribution in [-0.2, 0) is 6.18 Å². The first kappa shape index (κ1) is 19.1. The highest BCUT2D eigenvalue weighted by molar-refractivity contribution is 5.95. The normalized spacial score (nSPS) is 15.4. The van der Waals surface area contributed by atoms with Gasteiger partial charge in [-0.05, 0) is 31.0 Å². The number of hydrogen-bond acceptors (Lipinski definition) is 4. The van der Waals surface area contributed by atoms with Gasteiger partial charge in [-0.3, -0.25) is 4.79 Å². The van der Waals surface area contributed by atoms with E-state index >= 15 is 0 Å². The molecule has 3 rings (SSSR count). The van der Waals surface area contributed by atoms with Crippen LogP contribution in [-0.4, -0.2) is 21.9 Å². The lowest BCUT2D eigenvalue weighted by molar-refractivity contribution is -0.141. The molecule has 144 valence electrons. The molecule has 0 bridgehead atoms. The van der Waals surface area contributed by atoms with Crippen molar-refractivity contribution in [2.75, 3.05) is 5.32 Å². The number of anilines is 2. The van der Waals surface area contributed by atoms with E-state index in [0.29, 0.717) is 0 Å². The second-order valence-electron chi connectivity index (χ2n) is 6.40. The topological polar surface area (TPSA) is 66.9 Å². The molecule has 1 saturated carbocycles. The predicted molar refractivity (Wildman–Crippen MR) is 91.1 cm³/mol. The molecule has 1 heterocycles. The second-order valence-corrected chi connectivity index (χ2v) is 6.40. The summed E-state index contributed by atoms with van der Waals surface area (Å²) in [4.78, 5) is 19.6. The number of aromatic nitrogens is 2. The SMILES string of the molecule is O=C(NC1CCCCC1)c1cnc(Nc2cccc(F)c2)nc1C(F)(F)F. The largest absolute Gasteiger partial charge is 0.434 e. The van der Waals surface area contributed by atoms with Crippen molar-refractivity contribution in [1.82, 2.24) is 15.3 Å². The summed E-state index contributed by atoms with van der Waals surface area (Å²) >= 11 is 0. The van der Waals surface area contributed by atoms with Crippen LogP contribution in [0.15, 0.2) is 30.5 Å². The van der Waals surface area contributed by atoms with Gasteiger partial charge in [0, 0.05) is 17.9 Å². The van der Waals surface area contributed by atoms with E-state index in [0.717, 1.165) is 44.4 Å². The van der Waals surface area contributed by atoms with Crippen molar-refractivity contribution >= 4 is 17.5 Å². The van der Waals surface area contributed by atoms with E-state index in [4.69, 9.17) is 0 Å². The van der Waals surface area contributed by atoms with Crippen LogP contribution in [0.2, 0.25) is 0 Å². The van der Waals surface area contributed by atoms with Gasteiger partial charge < -0.3 is 10.6 Å². The highest BCUT2D eigenvalue weighted by Crippen LogP contribution is 2.31. The number of alkyl halides is 3. The van der Waals surface area contributed by atoms with Gasteiger partial charge in [0.25, 0.3) is 5.91 Å². The van der Waals surface area contributed by atoms with Crippen LogP contribution in [0.4, 0.5) is 29.2 Å². The summed E-state index contributed by atoms with van der Waals surface area (Å²) in [5.41, 5.74) is -1.76. The fourth-order valence-electron chi connectivity index (χ4n) is 3.03. The highest BCUT2D eigenvalue weighted by Gasteiger charge is 2.38. The quantitative estimate of drug-likeness (QED) is 0.768. The van der Waals surface area contributed by atoms with Crippen molar-refractivity contribution < 1.29 is 22.4 Å². The highest BCUT2D eigenvalue weighted by atomic mass is 19.4. The molecule has 1 aromatic carbocycles. The average molecular weight is 382 g/mol. The van der Waals surface area contributed by atoms with Crippen LogP contribution < -0.4 is 10.6 Å². The number of benzene rings is 1. The summed E-state index contributed by atoms with van der Waals surface area (Å²) in [6.45, 7) is 0. The average Bonchev–Trinajstić information content (AvgIpc) is 2.62. The van der Waals surface area contributed by atoms with E-state index in [1.165, 1.54) is 18.2 Å². The van der Waals surface area contributed by atoms with E-state index in [1.54, 1.807) is 0 Å². The number of carbonyl (C=O) groups excluding carboxylic acids is 1. The molecule has 0 atom stereocenters. The first-order chi connectivity index (χ1) is 12.8. The Balaban J connectivity index is 1.84. The number of amides is 1. The zero-order valence-electron chi connectivity index (χ0n) is 14.3. The minimum atomic E-state index is -4.83. The number of halogens is 4. The molecule has 0 spiro atoms. The van der Waals surface area contributed by atoms with Crippen LogP contribution in [0, 0.1) is 5.82 Å². The standard InChI is InChI=1S/C18H18F4N4O/c19-11-5-4-8-13(9-11)25-17-23-10-14(15(26-17)18(20,21)22)16(27)24-12-6-2-1-3-7-12/h4-5,8-10,12H,1-3,6-7H2,(H,24,27)(H,23,25,26). The van der Waals surface area contributed by atoms with E-state index in [9.17, 15) is 22.4 Å². The van der Waals surface area contributed by atoms with Crippen molar-refractivity contribution in [2.24, 2.45) is 0 Å². The molecule has 1 aromatic heterocycles. The molecule has 0 radical (unpaired) electrons. The zero-order chi connectivity index (χ0) is 19.4. The molecular formula is C18H18F4N4O. The van der Waals surface area contributed by atoms with Crippen molar-refractivity contribution in [3.63, 3.8) is 0 Å². The van der Waals surface area contributed by atoms with Gasteiger partial charge in [-0.2, -0.15) is 13.2 Å². The molecule has 1 aliphatic rings. The van der Waals surface area contributed by atoms with Crippen molar-refractivity contribution in [3.8, 4) is 0 Å². The van der Waals surface area contributed by atoms with Gasteiger partial charge in [0.15, 0.2) is 5.69 Å². The summed E-state index contributed by atoms with van der Waals surface area (Å²) in [7, 11) is 0. The molecule has 9 heteroatoms. The monoisotopic (exact) mass is 382 g/mol. The summed E-state index contributed by atoms with van der Waals surface area (Å²) in [6, 6.07) is 5.02. The lowest BCUT2D eigenvalue weighted by Crippen LogP contribution is -2.37. The third-order valence-corrected chi connectivity index (χ3v) is 4.32. The minimum Gasteiger partial charge on any atom is -0.349 e. The Morgan fingerprint density at radius 2 is 1.89 bits per heavy atom.